The predicted octanol–water partition coefficient (Wildman–Crippen LogP) is 3.56. The first-order chi connectivity index (χ1) is 8.65. The first-order valence-corrected chi connectivity index (χ1v) is 6.53. The molecule has 2 aromatic rings. The summed E-state index contributed by atoms with van der Waals surface area (Å²) in [7, 11) is 0. The summed E-state index contributed by atoms with van der Waals surface area (Å²) in [6, 6.07) is 7.96. The van der Waals surface area contributed by atoms with E-state index in [0.717, 1.165) is 23.2 Å². The van der Waals surface area contributed by atoms with Crippen molar-refractivity contribution in [3.05, 3.63) is 35.6 Å². The van der Waals surface area contributed by atoms with Crippen LogP contribution in [0.25, 0.3) is 11.0 Å². The van der Waals surface area contributed by atoms with Crippen LogP contribution in [0.15, 0.2) is 28.7 Å². The molecule has 1 aromatic carbocycles. The Labute approximate surface area is 108 Å². The molecular formula is C15H21NO2. The van der Waals surface area contributed by atoms with Crippen molar-refractivity contribution in [3.8, 4) is 0 Å². The normalized spacial score (nSPS) is 14.9. The van der Waals surface area contributed by atoms with Crippen LogP contribution in [0, 0.1) is 6.92 Å². The summed E-state index contributed by atoms with van der Waals surface area (Å²) in [5.41, 5.74) is 8.33. The fraction of sp³-hybridized carbons (Fsp3) is 0.467. The summed E-state index contributed by atoms with van der Waals surface area (Å²) in [6.07, 6.45) is 0.891. The Balaban J connectivity index is 2.29. The van der Waals surface area contributed by atoms with Gasteiger partial charge in [0.15, 0.2) is 0 Å². The Morgan fingerprint density at radius 1 is 1.28 bits per heavy atom. The number of hydrogen-bond acceptors (Lipinski definition) is 3. The first kappa shape index (κ1) is 13.1. The molecule has 18 heavy (non-hydrogen) atoms. The van der Waals surface area contributed by atoms with Crippen molar-refractivity contribution in [2.75, 3.05) is 6.61 Å². The molecule has 0 saturated carbocycles. The lowest BCUT2D eigenvalue weighted by Crippen LogP contribution is -2.28. The van der Waals surface area contributed by atoms with Gasteiger partial charge in [-0.15, -0.1) is 0 Å². The van der Waals surface area contributed by atoms with E-state index in [0.29, 0.717) is 6.61 Å². The van der Waals surface area contributed by atoms with Crippen LogP contribution in [0.1, 0.15) is 37.6 Å². The molecule has 0 aliphatic carbocycles. The fourth-order valence-electron chi connectivity index (χ4n) is 2.22. The minimum atomic E-state index is -0.206. The molecule has 0 aliphatic rings. The van der Waals surface area contributed by atoms with E-state index in [9.17, 15) is 0 Å². The third-order valence-electron chi connectivity index (χ3n) is 3.20. The van der Waals surface area contributed by atoms with E-state index in [4.69, 9.17) is 14.9 Å². The highest BCUT2D eigenvalue weighted by Crippen LogP contribution is 2.27. The number of nitrogens with two attached hydrogens (primary N) is 1. The molecule has 2 unspecified atom stereocenters. The van der Waals surface area contributed by atoms with Crippen LogP contribution in [0.5, 0.6) is 0 Å². The minimum Gasteiger partial charge on any atom is -0.459 e. The molecule has 2 rings (SSSR count). The Kier molecular flexibility index (Phi) is 4.04. The van der Waals surface area contributed by atoms with Gasteiger partial charge in [0.25, 0.3) is 0 Å². The molecule has 2 N–H and O–H groups in total. The Bertz CT molecular complexity index is 518. The van der Waals surface area contributed by atoms with E-state index in [1.54, 1.807) is 0 Å². The number of aryl methyl sites for hydroxylation is 1. The van der Waals surface area contributed by atoms with Crippen LogP contribution in [0.2, 0.25) is 0 Å². The van der Waals surface area contributed by atoms with Gasteiger partial charge in [0.05, 0.1) is 12.1 Å². The smallest absolute Gasteiger partial charge is 0.134 e. The predicted molar refractivity (Wildman–Crippen MR) is 73.6 cm³/mol. The molecule has 0 saturated heterocycles. The zero-order valence-electron chi connectivity index (χ0n) is 11.3. The molecule has 0 aliphatic heterocycles. The molecular weight excluding hydrogens is 226 g/mol. The molecule has 1 heterocycles. The van der Waals surface area contributed by atoms with E-state index < -0.39 is 0 Å². The van der Waals surface area contributed by atoms with Crippen LogP contribution in [0.4, 0.5) is 0 Å². The van der Waals surface area contributed by atoms with Crippen molar-refractivity contribution in [3.63, 3.8) is 0 Å². The van der Waals surface area contributed by atoms with Gasteiger partial charge in [-0.25, -0.2) is 0 Å². The molecule has 3 heteroatoms. The number of furan rings is 1. The Hall–Kier alpha value is -1.32. The second-order valence-electron chi connectivity index (χ2n) is 4.62. The lowest BCUT2D eigenvalue weighted by atomic mass is 10.1. The van der Waals surface area contributed by atoms with Crippen molar-refractivity contribution in [1.29, 1.82) is 0 Å². The topological polar surface area (TPSA) is 48.4 Å². The Morgan fingerprint density at radius 2 is 2.06 bits per heavy atom. The molecule has 0 fully saturated rings. The second-order valence-corrected chi connectivity index (χ2v) is 4.62. The van der Waals surface area contributed by atoms with Crippen LogP contribution in [0.3, 0.4) is 0 Å². The summed E-state index contributed by atoms with van der Waals surface area (Å²) >= 11 is 0. The van der Waals surface area contributed by atoms with E-state index >= 15 is 0 Å². The molecule has 0 spiro atoms. The number of rotatable bonds is 5. The third kappa shape index (κ3) is 2.57. The number of fused-ring (bicyclic) bond motifs is 1. The summed E-state index contributed by atoms with van der Waals surface area (Å²) in [5.74, 6) is 0.802. The third-order valence-corrected chi connectivity index (χ3v) is 3.20. The maximum absolute atomic E-state index is 6.22. The van der Waals surface area contributed by atoms with Gasteiger partial charge in [0.2, 0.25) is 0 Å². The quantitative estimate of drug-likeness (QED) is 0.878. The van der Waals surface area contributed by atoms with Gasteiger partial charge >= 0.3 is 0 Å². The van der Waals surface area contributed by atoms with Gasteiger partial charge in [-0.2, -0.15) is 0 Å². The fourth-order valence-corrected chi connectivity index (χ4v) is 2.22. The van der Waals surface area contributed by atoms with E-state index in [-0.39, 0.29) is 12.1 Å². The maximum Gasteiger partial charge on any atom is 0.134 e. The van der Waals surface area contributed by atoms with Gasteiger partial charge < -0.3 is 14.9 Å². The summed E-state index contributed by atoms with van der Waals surface area (Å²) in [6.45, 7) is 6.80. The second kappa shape index (κ2) is 5.55. The Morgan fingerprint density at radius 3 is 2.72 bits per heavy atom. The summed E-state index contributed by atoms with van der Waals surface area (Å²) < 4.78 is 11.5. The van der Waals surface area contributed by atoms with Gasteiger partial charge in [-0.1, -0.05) is 18.6 Å². The van der Waals surface area contributed by atoms with E-state index in [1.807, 2.05) is 25.1 Å². The van der Waals surface area contributed by atoms with E-state index in [1.165, 1.54) is 5.56 Å². The lowest BCUT2D eigenvalue weighted by Gasteiger charge is -2.20. The monoisotopic (exact) mass is 247 g/mol. The summed E-state index contributed by atoms with van der Waals surface area (Å²) in [5, 5.41) is 1.10. The molecule has 0 amide bonds. The van der Waals surface area contributed by atoms with Crippen molar-refractivity contribution in [1.82, 2.24) is 0 Å². The highest BCUT2D eigenvalue weighted by Gasteiger charge is 2.21. The average molecular weight is 247 g/mol. The zero-order valence-corrected chi connectivity index (χ0v) is 11.3. The van der Waals surface area contributed by atoms with Crippen molar-refractivity contribution in [2.45, 2.75) is 39.3 Å². The number of benzene rings is 1. The number of hydrogen-bond donors (Lipinski definition) is 1. The lowest BCUT2D eigenvalue weighted by molar-refractivity contribution is 0.0368. The zero-order chi connectivity index (χ0) is 13.1. The first-order valence-electron chi connectivity index (χ1n) is 6.53. The number of ether oxygens (including phenoxy) is 1. The minimum absolute atomic E-state index is 0.0108. The van der Waals surface area contributed by atoms with Gasteiger partial charge in [-0.05, 0) is 38.5 Å². The summed E-state index contributed by atoms with van der Waals surface area (Å²) in [4.78, 5) is 0. The standard InChI is InChI=1S/C15H21NO2/c1-4-12(17-5-2)15(16)14-9-11-8-10(3)6-7-13(11)18-14/h6-9,12,15H,4-5,16H2,1-3H3. The molecule has 98 valence electrons. The van der Waals surface area contributed by atoms with Crippen molar-refractivity contribution >= 4 is 11.0 Å². The van der Waals surface area contributed by atoms with Gasteiger partial charge in [-0.3, -0.25) is 0 Å². The molecule has 1 aromatic heterocycles. The molecule has 2 atom stereocenters. The SMILES string of the molecule is CCOC(CC)C(N)c1cc2cc(C)ccc2o1. The van der Waals surface area contributed by atoms with Gasteiger partial charge in [0.1, 0.15) is 11.3 Å². The van der Waals surface area contributed by atoms with Crippen molar-refractivity contribution in [2.24, 2.45) is 5.73 Å². The van der Waals surface area contributed by atoms with Crippen molar-refractivity contribution < 1.29 is 9.15 Å². The maximum atomic E-state index is 6.22. The van der Waals surface area contributed by atoms with Crippen LogP contribution >= 0.6 is 0 Å². The van der Waals surface area contributed by atoms with Crippen LogP contribution < -0.4 is 5.73 Å². The highest BCUT2D eigenvalue weighted by molar-refractivity contribution is 5.78. The molecule has 0 radical (unpaired) electrons. The largest absolute Gasteiger partial charge is 0.459 e. The molecule has 0 bridgehead atoms. The molecule has 3 nitrogen and oxygen atoms in total. The van der Waals surface area contributed by atoms with Crippen LogP contribution in [-0.2, 0) is 4.74 Å². The van der Waals surface area contributed by atoms with E-state index in [2.05, 4.69) is 19.9 Å². The average Bonchev–Trinajstić information content (AvgIpc) is 2.77. The highest BCUT2D eigenvalue weighted by atomic mass is 16.5. The van der Waals surface area contributed by atoms with Crippen LogP contribution in [-0.4, -0.2) is 12.7 Å². The van der Waals surface area contributed by atoms with Gasteiger partial charge in [0, 0.05) is 12.0 Å².